The van der Waals surface area contributed by atoms with Crippen molar-refractivity contribution >= 4 is 22.8 Å². The van der Waals surface area contributed by atoms with Gasteiger partial charge in [-0.3, -0.25) is 0 Å². The lowest BCUT2D eigenvalue weighted by Crippen LogP contribution is -2.47. The van der Waals surface area contributed by atoms with Crippen LogP contribution in [-0.4, -0.2) is 64.4 Å². The molecule has 0 spiro atoms. The molecule has 1 aliphatic heterocycles. The summed E-state index contributed by atoms with van der Waals surface area (Å²) in [5.74, 6) is 1.59. The Morgan fingerprint density at radius 3 is 2.59 bits per heavy atom. The van der Waals surface area contributed by atoms with E-state index in [0.717, 1.165) is 49.0 Å². The first-order valence-electron chi connectivity index (χ1n) is 8.81. The monoisotopic (exact) mass is 364 g/mol. The number of hydrogen-bond acceptors (Lipinski definition) is 8. The van der Waals surface area contributed by atoms with Crippen LogP contribution in [0.25, 0.3) is 11.2 Å². The van der Waals surface area contributed by atoms with Crippen LogP contribution >= 0.6 is 0 Å². The number of rotatable bonds is 5. The second kappa shape index (κ2) is 7.55. The van der Waals surface area contributed by atoms with Gasteiger partial charge in [0.2, 0.25) is 0 Å². The maximum Gasteiger partial charge on any atom is 0.165 e. The first-order valence-corrected chi connectivity index (χ1v) is 8.81. The van der Waals surface area contributed by atoms with E-state index < -0.39 is 0 Å². The average molecular weight is 364 g/mol. The van der Waals surface area contributed by atoms with Gasteiger partial charge >= 0.3 is 0 Å². The summed E-state index contributed by atoms with van der Waals surface area (Å²) in [5.41, 5.74) is 2.22. The number of fused-ring (bicyclic) bond motifs is 1. The second-order valence-corrected chi connectivity index (χ2v) is 6.26. The van der Waals surface area contributed by atoms with Crippen LogP contribution < -0.4 is 9.80 Å². The zero-order valence-electron chi connectivity index (χ0n) is 15.1. The van der Waals surface area contributed by atoms with E-state index in [2.05, 4.69) is 35.8 Å². The van der Waals surface area contributed by atoms with E-state index in [9.17, 15) is 5.26 Å². The lowest BCUT2D eigenvalue weighted by molar-refractivity contribution is 0.188. The zero-order valence-corrected chi connectivity index (χ0v) is 15.1. The summed E-state index contributed by atoms with van der Waals surface area (Å²) in [7, 11) is 1.68. The highest BCUT2D eigenvalue weighted by molar-refractivity contribution is 5.83. The van der Waals surface area contributed by atoms with Crippen LogP contribution in [0.3, 0.4) is 0 Å². The maximum absolute atomic E-state index is 9.30. The van der Waals surface area contributed by atoms with Gasteiger partial charge in [0.25, 0.3) is 0 Å². The predicted octanol–water partition coefficient (Wildman–Crippen LogP) is 1.07. The van der Waals surface area contributed by atoms with Gasteiger partial charge in [0.05, 0.1) is 18.5 Å². The van der Waals surface area contributed by atoms with E-state index in [4.69, 9.17) is 4.74 Å². The smallest absolute Gasteiger partial charge is 0.165 e. The number of nitriles is 1. The van der Waals surface area contributed by atoms with Gasteiger partial charge in [0, 0.05) is 46.0 Å². The van der Waals surface area contributed by atoms with Crippen LogP contribution in [0.1, 0.15) is 5.56 Å². The molecule has 9 heteroatoms. The topological polar surface area (TPSA) is 96.0 Å². The van der Waals surface area contributed by atoms with Crippen LogP contribution in [0.4, 0.5) is 11.6 Å². The van der Waals surface area contributed by atoms with Crippen LogP contribution in [-0.2, 0) is 11.3 Å². The summed E-state index contributed by atoms with van der Waals surface area (Å²) >= 11 is 0. The van der Waals surface area contributed by atoms with Crippen molar-refractivity contribution in [2.75, 3.05) is 49.7 Å². The molecule has 4 rings (SSSR count). The van der Waals surface area contributed by atoms with Gasteiger partial charge in [-0.05, 0) is 12.1 Å². The van der Waals surface area contributed by atoms with E-state index in [0.29, 0.717) is 18.7 Å². The molecule has 1 aliphatic rings. The van der Waals surface area contributed by atoms with E-state index in [-0.39, 0.29) is 0 Å². The Balaban J connectivity index is 1.53. The maximum atomic E-state index is 9.30. The molecule has 1 saturated heterocycles. The fourth-order valence-electron chi connectivity index (χ4n) is 3.32. The largest absolute Gasteiger partial charge is 0.383 e. The van der Waals surface area contributed by atoms with Gasteiger partial charge in [-0.25, -0.2) is 19.9 Å². The number of anilines is 2. The minimum atomic E-state index is 0.604. The third-order valence-corrected chi connectivity index (χ3v) is 4.70. The van der Waals surface area contributed by atoms with Crippen molar-refractivity contribution in [1.29, 1.82) is 5.26 Å². The summed E-state index contributed by atoms with van der Waals surface area (Å²) in [6, 6.07) is 5.81. The lowest BCUT2D eigenvalue weighted by Gasteiger charge is -2.36. The molecule has 3 aromatic heterocycles. The van der Waals surface area contributed by atoms with Crippen molar-refractivity contribution in [3.05, 3.63) is 36.5 Å². The molecule has 0 atom stereocenters. The molecule has 0 unspecified atom stereocenters. The number of nitrogens with zero attached hydrogens (tertiary/aromatic N) is 8. The van der Waals surface area contributed by atoms with Crippen molar-refractivity contribution in [3.63, 3.8) is 0 Å². The first kappa shape index (κ1) is 17.2. The van der Waals surface area contributed by atoms with Gasteiger partial charge in [0.1, 0.15) is 18.2 Å². The van der Waals surface area contributed by atoms with Gasteiger partial charge in [-0.2, -0.15) is 5.26 Å². The van der Waals surface area contributed by atoms with Gasteiger partial charge in [-0.1, -0.05) is 0 Å². The normalized spacial score (nSPS) is 14.5. The number of aromatic nitrogens is 5. The van der Waals surface area contributed by atoms with E-state index in [1.807, 2.05) is 4.57 Å². The Labute approximate surface area is 156 Å². The van der Waals surface area contributed by atoms with E-state index in [1.165, 1.54) is 0 Å². The van der Waals surface area contributed by atoms with Crippen LogP contribution in [0, 0.1) is 11.3 Å². The molecule has 0 aromatic carbocycles. The number of pyridine rings is 1. The van der Waals surface area contributed by atoms with Crippen LogP contribution in [0.2, 0.25) is 0 Å². The quantitative estimate of drug-likeness (QED) is 0.663. The summed E-state index contributed by atoms with van der Waals surface area (Å²) in [6.45, 7) is 4.39. The molecule has 1 fully saturated rings. The fraction of sp³-hybridized carbons (Fsp3) is 0.389. The van der Waals surface area contributed by atoms with E-state index in [1.54, 1.807) is 38.1 Å². The molecule has 0 aliphatic carbocycles. The number of methoxy groups -OCH3 is 1. The SMILES string of the molecule is COCCn1cnc2c(N3CCN(c4ncccc4C#N)CC3)ncnc21. The van der Waals surface area contributed by atoms with Crippen LogP contribution in [0.5, 0.6) is 0 Å². The van der Waals surface area contributed by atoms with E-state index >= 15 is 0 Å². The van der Waals surface area contributed by atoms with Crippen LogP contribution in [0.15, 0.2) is 31.0 Å². The fourth-order valence-corrected chi connectivity index (χ4v) is 3.32. The number of piperazine rings is 1. The molecule has 0 amide bonds. The molecule has 0 radical (unpaired) electrons. The molecule has 0 bridgehead atoms. The van der Waals surface area contributed by atoms with Gasteiger partial charge in [0.15, 0.2) is 17.0 Å². The molecule has 9 nitrogen and oxygen atoms in total. The van der Waals surface area contributed by atoms with Gasteiger partial charge < -0.3 is 19.1 Å². The Hall–Kier alpha value is -3.25. The third-order valence-electron chi connectivity index (χ3n) is 4.70. The number of imidazole rings is 1. The zero-order chi connectivity index (χ0) is 18.6. The lowest BCUT2D eigenvalue weighted by atomic mass is 10.2. The molecule has 4 heterocycles. The molecule has 0 saturated carbocycles. The van der Waals surface area contributed by atoms with Crippen molar-refractivity contribution < 1.29 is 4.74 Å². The molecule has 138 valence electrons. The number of hydrogen-bond donors (Lipinski definition) is 0. The molecule has 27 heavy (non-hydrogen) atoms. The van der Waals surface area contributed by atoms with Crippen molar-refractivity contribution in [1.82, 2.24) is 24.5 Å². The summed E-state index contributed by atoms with van der Waals surface area (Å²) in [4.78, 5) is 22.1. The molecule has 0 N–H and O–H groups in total. The van der Waals surface area contributed by atoms with Crippen molar-refractivity contribution in [3.8, 4) is 6.07 Å². The highest BCUT2D eigenvalue weighted by atomic mass is 16.5. The highest BCUT2D eigenvalue weighted by Crippen LogP contribution is 2.24. The molecular formula is C18H20N8O. The molecule has 3 aromatic rings. The minimum Gasteiger partial charge on any atom is -0.383 e. The number of ether oxygens (including phenoxy) is 1. The van der Waals surface area contributed by atoms with Crippen molar-refractivity contribution in [2.45, 2.75) is 6.54 Å². The standard InChI is InChI=1S/C18H20N8O/c1-27-10-9-26-13-23-15-17(21-12-22-18(15)26)25-7-5-24(6-8-25)16-14(11-19)3-2-4-20-16/h2-4,12-13H,5-10H2,1H3. The van der Waals surface area contributed by atoms with Gasteiger partial charge in [-0.15, -0.1) is 0 Å². The Morgan fingerprint density at radius 1 is 1.07 bits per heavy atom. The Kier molecular flexibility index (Phi) is 4.80. The van der Waals surface area contributed by atoms with Crippen molar-refractivity contribution in [2.24, 2.45) is 0 Å². The Bertz CT molecular complexity index is 971. The summed E-state index contributed by atoms with van der Waals surface area (Å²) in [6.07, 6.45) is 5.09. The first-order chi connectivity index (χ1) is 13.3. The summed E-state index contributed by atoms with van der Waals surface area (Å²) < 4.78 is 7.13. The average Bonchev–Trinajstić information content (AvgIpc) is 3.15. The second-order valence-electron chi connectivity index (χ2n) is 6.26. The Morgan fingerprint density at radius 2 is 1.85 bits per heavy atom. The highest BCUT2D eigenvalue weighted by Gasteiger charge is 2.23. The predicted molar refractivity (Wildman–Crippen MR) is 101 cm³/mol. The summed E-state index contributed by atoms with van der Waals surface area (Å²) in [5, 5.41) is 9.30. The third kappa shape index (κ3) is 3.27. The molecular weight excluding hydrogens is 344 g/mol. The minimum absolute atomic E-state index is 0.604.